The lowest BCUT2D eigenvalue weighted by Gasteiger charge is -2.05. The molecular formula is C11H11NO2. The summed E-state index contributed by atoms with van der Waals surface area (Å²) in [5.74, 6) is -0.505. The molecule has 0 amide bonds. The summed E-state index contributed by atoms with van der Waals surface area (Å²) < 4.78 is 4.56. The smallest absolute Gasteiger partial charge is 0.395 e. The van der Waals surface area contributed by atoms with Crippen molar-refractivity contribution in [2.24, 2.45) is 0 Å². The molecule has 0 aliphatic carbocycles. The number of carbonyl (C=O) groups excluding carboxylic acids is 1. The number of hydrogen-bond donors (Lipinski definition) is 0. The second-order valence-corrected chi connectivity index (χ2v) is 2.91. The van der Waals surface area contributed by atoms with E-state index in [4.69, 9.17) is 6.57 Å². The second kappa shape index (κ2) is 4.43. The van der Waals surface area contributed by atoms with Crippen molar-refractivity contribution in [1.29, 1.82) is 0 Å². The minimum Gasteiger partial charge on any atom is -0.463 e. The Morgan fingerprint density at radius 2 is 2.14 bits per heavy atom. The number of nitrogens with zero attached hydrogens (tertiary/aromatic N) is 1. The van der Waals surface area contributed by atoms with Gasteiger partial charge in [0.1, 0.15) is 0 Å². The molecule has 0 spiro atoms. The van der Waals surface area contributed by atoms with Crippen molar-refractivity contribution in [3.05, 3.63) is 46.8 Å². The lowest BCUT2D eigenvalue weighted by molar-refractivity contribution is -0.141. The minimum atomic E-state index is -0.832. The van der Waals surface area contributed by atoms with Gasteiger partial charge in [0.05, 0.1) is 7.11 Å². The summed E-state index contributed by atoms with van der Waals surface area (Å²) in [6, 6.07) is 6.49. The Morgan fingerprint density at radius 1 is 1.50 bits per heavy atom. The third-order valence-electron chi connectivity index (χ3n) is 2.04. The Bertz CT molecular complexity index is 379. The normalized spacial score (nSPS) is 11.5. The van der Waals surface area contributed by atoms with Crippen LogP contribution in [0.25, 0.3) is 4.85 Å². The van der Waals surface area contributed by atoms with Crippen LogP contribution in [0.15, 0.2) is 24.3 Å². The Balaban J connectivity index is 3.09. The summed E-state index contributed by atoms with van der Waals surface area (Å²) in [5.41, 5.74) is 1.65. The average molecular weight is 189 g/mol. The Hall–Kier alpha value is -1.82. The van der Waals surface area contributed by atoms with E-state index in [0.717, 1.165) is 5.56 Å². The van der Waals surface area contributed by atoms with Crippen LogP contribution in [-0.4, -0.2) is 13.1 Å². The first kappa shape index (κ1) is 10.3. The molecule has 0 N–H and O–H groups in total. The van der Waals surface area contributed by atoms with Crippen LogP contribution >= 0.6 is 0 Å². The molecule has 3 heteroatoms. The van der Waals surface area contributed by atoms with Crippen molar-refractivity contribution in [3.63, 3.8) is 0 Å². The second-order valence-electron chi connectivity index (χ2n) is 2.91. The highest BCUT2D eigenvalue weighted by Crippen LogP contribution is 2.21. The molecule has 1 aromatic rings. The van der Waals surface area contributed by atoms with E-state index >= 15 is 0 Å². The molecule has 0 saturated carbocycles. The van der Waals surface area contributed by atoms with E-state index in [0.29, 0.717) is 5.56 Å². The first-order chi connectivity index (χ1) is 6.70. The van der Waals surface area contributed by atoms with E-state index in [2.05, 4.69) is 9.58 Å². The highest BCUT2D eigenvalue weighted by Gasteiger charge is 2.27. The number of esters is 1. The molecule has 0 saturated heterocycles. The monoisotopic (exact) mass is 189 g/mol. The fraction of sp³-hybridized carbons (Fsp3) is 0.273. The van der Waals surface area contributed by atoms with Gasteiger partial charge in [0, 0.05) is 5.56 Å². The average Bonchev–Trinajstić information content (AvgIpc) is 2.21. The van der Waals surface area contributed by atoms with Crippen molar-refractivity contribution in [2.45, 2.75) is 13.0 Å². The molecule has 1 rings (SSSR count). The molecule has 3 nitrogen and oxygen atoms in total. The summed E-state index contributed by atoms with van der Waals surface area (Å²) in [6.07, 6.45) is 0. The maximum absolute atomic E-state index is 11.3. The van der Waals surface area contributed by atoms with Crippen LogP contribution < -0.4 is 0 Å². The number of methoxy groups -OCH3 is 1. The molecular weight excluding hydrogens is 178 g/mol. The zero-order valence-electron chi connectivity index (χ0n) is 8.15. The van der Waals surface area contributed by atoms with Crippen LogP contribution in [0.4, 0.5) is 0 Å². The van der Waals surface area contributed by atoms with E-state index in [1.165, 1.54) is 7.11 Å². The molecule has 0 bridgehead atoms. The molecule has 1 aromatic carbocycles. The molecule has 0 heterocycles. The van der Waals surface area contributed by atoms with Gasteiger partial charge in [0.25, 0.3) is 0 Å². The molecule has 0 aliphatic rings. The topological polar surface area (TPSA) is 30.7 Å². The van der Waals surface area contributed by atoms with Crippen molar-refractivity contribution in [2.75, 3.05) is 7.11 Å². The maximum Gasteiger partial charge on any atom is 0.395 e. The SMILES string of the molecule is [C-]#[N+]C(C(=O)OC)c1ccccc1C. The molecule has 0 aromatic heterocycles. The Labute approximate surface area is 83.1 Å². The fourth-order valence-electron chi connectivity index (χ4n) is 1.25. The van der Waals surface area contributed by atoms with E-state index in [9.17, 15) is 4.79 Å². The van der Waals surface area contributed by atoms with Gasteiger partial charge in [0.2, 0.25) is 0 Å². The zero-order valence-corrected chi connectivity index (χ0v) is 8.15. The summed E-state index contributed by atoms with van der Waals surface area (Å²) in [5, 5.41) is 0. The number of ether oxygens (including phenoxy) is 1. The first-order valence-corrected chi connectivity index (χ1v) is 4.20. The van der Waals surface area contributed by atoms with E-state index in [1.807, 2.05) is 25.1 Å². The largest absolute Gasteiger partial charge is 0.463 e. The lowest BCUT2D eigenvalue weighted by Crippen LogP contribution is -2.11. The number of hydrogen-bond acceptors (Lipinski definition) is 2. The van der Waals surface area contributed by atoms with Crippen molar-refractivity contribution < 1.29 is 9.53 Å². The van der Waals surface area contributed by atoms with Crippen molar-refractivity contribution >= 4 is 5.97 Å². The molecule has 0 aliphatic heterocycles. The molecule has 14 heavy (non-hydrogen) atoms. The zero-order chi connectivity index (χ0) is 10.6. The summed E-state index contributed by atoms with van der Waals surface area (Å²) in [7, 11) is 1.29. The van der Waals surface area contributed by atoms with E-state index in [1.54, 1.807) is 6.07 Å². The van der Waals surface area contributed by atoms with Gasteiger partial charge in [-0.05, 0) is 12.5 Å². The number of benzene rings is 1. The summed E-state index contributed by atoms with van der Waals surface area (Å²) >= 11 is 0. The Morgan fingerprint density at radius 3 is 2.64 bits per heavy atom. The van der Waals surface area contributed by atoms with Crippen LogP contribution in [0.5, 0.6) is 0 Å². The van der Waals surface area contributed by atoms with Gasteiger partial charge in [-0.1, -0.05) is 24.3 Å². The molecule has 0 fully saturated rings. The molecule has 1 unspecified atom stereocenters. The number of aryl methyl sites for hydroxylation is 1. The number of rotatable bonds is 2. The van der Waals surface area contributed by atoms with Crippen LogP contribution in [0.2, 0.25) is 0 Å². The standard InChI is InChI=1S/C11H11NO2/c1-8-6-4-5-7-9(8)10(12-2)11(13)14-3/h4-7,10H,1,3H3. The number of carbonyl (C=O) groups is 1. The molecule has 1 atom stereocenters. The first-order valence-electron chi connectivity index (χ1n) is 4.20. The van der Waals surface area contributed by atoms with Gasteiger partial charge in [-0.25, -0.2) is 11.4 Å². The van der Waals surface area contributed by atoms with Crippen LogP contribution in [0.1, 0.15) is 17.2 Å². The van der Waals surface area contributed by atoms with Crippen molar-refractivity contribution in [3.8, 4) is 0 Å². The van der Waals surface area contributed by atoms with Crippen LogP contribution in [0.3, 0.4) is 0 Å². The molecule has 0 radical (unpaired) electrons. The summed E-state index contributed by atoms with van der Waals surface area (Å²) in [6.45, 7) is 8.82. The van der Waals surface area contributed by atoms with Gasteiger partial charge in [0.15, 0.2) is 0 Å². The lowest BCUT2D eigenvalue weighted by atomic mass is 10.0. The van der Waals surface area contributed by atoms with Gasteiger partial charge >= 0.3 is 12.0 Å². The van der Waals surface area contributed by atoms with E-state index in [-0.39, 0.29) is 0 Å². The van der Waals surface area contributed by atoms with Gasteiger partial charge < -0.3 is 4.74 Å². The predicted octanol–water partition coefficient (Wildman–Crippen LogP) is 2.13. The van der Waals surface area contributed by atoms with E-state index < -0.39 is 12.0 Å². The van der Waals surface area contributed by atoms with Crippen LogP contribution in [0, 0.1) is 13.5 Å². The molecule has 72 valence electrons. The Kier molecular flexibility index (Phi) is 3.24. The highest BCUT2D eigenvalue weighted by molar-refractivity contribution is 5.79. The van der Waals surface area contributed by atoms with Gasteiger partial charge in [-0.2, -0.15) is 0 Å². The third kappa shape index (κ3) is 1.91. The van der Waals surface area contributed by atoms with Gasteiger partial charge in [-0.15, -0.1) is 0 Å². The van der Waals surface area contributed by atoms with Crippen LogP contribution in [-0.2, 0) is 9.53 Å². The predicted molar refractivity (Wildman–Crippen MR) is 52.5 cm³/mol. The fourth-order valence-corrected chi connectivity index (χ4v) is 1.25. The maximum atomic E-state index is 11.3. The minimum absolute atomic E-state index is 0.505. The van der Waals surface area contributed by atoms with Crippen molar-refractivity contribution in [1.82, 2.24) is 0 Å². The quantitative estimate of drug-likeness (QED) is 0.527. The third-order valence-corrected chi connectivity index (χ3v) is 2.04. The van der Waals surface area contributed by atoms with Gasteiger partial charge in [-0.3, -0.25) is 4.85 Å². The summed E-state index contributed by atoms with van der Waals surface area (Å²) in [4.78, 5) is 14.5. The highest BCUT2D eigenvalue weighted by atomic mass is 16.5.